The average Bonchev–Trinajstić information content (AvgIpc) is 2.40. The third-order valence-corrected chi connectivity index (χ3v) is 6.84. The van der Waals surface area contributed by atoms with Crippen LogP contribution in [0.3, 0.4) is 0 Å². The number of thioether (sulfide) groups is 1. The van der Waals surface area contributed by atoms with Gasteiger partial charge in [-0.1, -0.05) is 28.1 Å². The molecule has 1 aromatic carbocycles. The fraction of sp³-hybridized carbons (Fsp3) is 0.538. The van der Waals surface area contributed by atoms with Gasteiger partial charge in [0.1, 0.15) is 5.37 Å². The van der Waals surface area contributed by atoms with Gasteiger partial charge in [-0.3, -0.25) is 4.90 Å². The monoisotopic (exact) mass is 378 g/mol. The van der Waals surface area contributed by atoms with Gasteiger partial charge in [0.05, 0.1) is 0 Å². The summed E-state index contributed by atoms with van der Waals surface area (Å²) in [7, 11) is -3.05. The first-order valence-corrected chi connectivity index (χ1v) is 10.3. The van der Waals surface area contributed by atoms with E-state index in [-0.39, 0.29) is 5.37 Å². The van der Waals surface area contributed by atoms with Crippen LogP contribution < -0.4 is 5.73 Å². The maximum Gasteiger partial charge on any atom is 0.164 e. The highest BCUT2D eigenvalue weighted by atomic mass is 79.9. The third-order valence-electron chi connectivity index (χ3n) is 3.41. The molecule has 4 nitrogen and oxygen atoms in total. The maximum atomic E-state index is 11.9. The maximum absolute atomic E-state index is 11.9. The SMILES string of the molecule is CS(=O)(=O)C1CSCCN1Cc1ccc(CN)cc1Br. The van der Waals surface area contributed by atoms with Crippen LogP contribution in [0, 0.1) is 0 Å². The van der Waals surface area contributed by atoms with Gasteiger partial charge in [-0.05, 0) is 17.2 Å². The fourth-order valence-electron chi connectivity index (χ4n) is 2.26. The molecule has 1 atom stereocenters. The van der Waals surface area contributed by atoms with Gasteiger partial charge >= 0.3 is 0 Å². The minimum atomic E-state index is -3.05. The van der Waals surface area contributed by atoms with Crippen molar-refractivity contribution in [2.45, 2.75) is 18.5 Å². The summed E-state index contributed by atoms with van der Waals surface area (Å²) in [6.45, 7) is 1.95. The number of sulfone groups is 1. The van der Waals surface area contributed by atoms with Crippen LogP contribution in [0.2, 0.25) is 0 Å². The molecule has 0 amide bonds. The smallest absolute Gasteiger partial charge is 0.164 e. The lowest BCUT2D eigenvalue weighted by molar-refractivity contribution is 0.262. The van der Waals surface area contributed by atoms with Gasteiger partial charge < -0.3 is 5.73 Å². The molecule has 1 saturated heterocycles. The van der Waals surface area contributed by atoms with Crippen LogP contribution in [0.1, 0.15) is 11.1 Å². The number of hydrogen-bond donors (Lipinski definition) is 1. The second-order valence-electron chi connectivity index (χ2n) is 4.96. The van der Waals surface area contributed by atoms with E-state index < -0.39 is 9.84 Å². The van der Waals surface area contributed by atoms with E-state index in [9.17, 15) is 8.42 Å². The quantitative estimate of drug-likeness (QED) is 0.865. The Balaban J connectivity index is 2.19. The van der Waals surface area contributed by atoms with Gasteiger partial charge in [0, 0.05) is 41.9 Å². The molecule has 1 heterocycles. The largest absolute Gasteiger partial charge is 0.326 e. The van der Waals surface area contributed by atoms with Gasteiger partial charge in [0.25, 0.3) is 0 Å². The van der Waals surface area contributed by atoms with Crippen molar-refractivity contribution in [1.29, 1.82) is 0 Å². The van der Waals surface area contributed by atoms with Crippen LogP contribution in [0.15, 0.2) is 22.7 Å². The van der Waals surface area contributed by atoms with E-state index in [4.69, 9.17) is 5.73 Å². The summed E-state index contributed by atoms with van der Waals surface area (Å²) in [6, 6.07) is 6.02. The van der Waals surface area contributed by atoms with Crippen molar-refractivity contribution in [2.75, 3.05) is 24.3 Å². The van der Waals surface area contributed by atoms with Crippen LogP contribution in [0.25, 0.3) is 0 Å². The van der Waals surface area contributed by atoms with E-state index in [1.165, 1.54) is 6.26 Å². The number of hydrogen-bond acceptors (Lipinski definition) is 5. The zero-order valence-electron chi connectivity index (χ0n) is 11.4. The molecular formula is C13H19BrN2O2S2. The molecule has 1 aromatic rings. The molecule has 0 spiro atoms. The summed E-state index contributed by atoms with van der Waals surface area (Å²) < 4.78 is 24.8. The van der Waals surface area contributed by atoms with Gasteiger partial charge in [-0.15, -0.1) is 0 Å². The van der Waals surface area contributed by atoms with Crippen LogP contribution in [-0.4, -0.2) is 43.0 Å². The summed E-state index contributed by atoms with van der Waals surface area (Å²) >= 11 is 5.25. The van der Waals surface area contributed by atoms with Crippen molar-refractivity contribution in [3.05, 3.63) is 33.8 Å². The van der Waals surface area contributed by atoms with Gasteiger partial charge in [0.15, 0.2) is 9.84 Å². The summed E-state index contributed by atoms with van der Waals surface area (Å²) in [5.41, 5.74) is 7.78. The third kappa shape index (κ3) is 3.98. The van der Waals surface area contributed by atoms with Gasteiger partial charge in [-0.2, -0.15) is 11.8 Å². The molecule has 0 saturated carbocycles. The Labute approximate surface area is 133 Å². The van der Waals surface area contributed by atoms with Crippen molar-refractivity contribution >= 4 is 37.5 Å². The molecule has 1 aliphatic heterocycles. The number of nitrogens with two attached hydrogens (primary N) is 1. The van der Waals surface area contributed by atoms with Gasteiger partial charge in [0.2, 0.25) is 0 Å². The molecule has 0 radical (unpaired) electrons. The molecule has 1 unspecified atom stereocenters. The molecule has 112 valence electrons. The fourth-order valence-corrected chi connectivity index (χ4v) is 5.75. The molecule has 7 heteroatoms. The lowest BCUT2D eigenvalue weighted by Crippen LogP contribution is -2.46. The lowest BCUT2D eigenvalue weighted by Gasteiger charge is -2.34. The highest BCUT2D eigenvalue weighted by Crippen LogP contribution is 2.26. The minimum absolute atomic E-state index is 0.387. The first-order chi connectivity index (χ1) is 9.41. The zero-order chi connectivity index (χ0) is 14.8. The average molecular weight is 379 g/mol. The van der Waals surface area contributed by atoms with E-state index in [2.05, 4.69) is 15.9 Å². The Morgan fingerprint density at radius 2 is 2.25 bits per heavy atom. The summed E-state index contributed by atoms with van der Waals surface area (Å²) in [5, 5.41) is -0.387. The highest BCUT2D eigenvalue weighted by Gasteiger charge is 2.31. The number of halogens is 1. The molecule has 2 N–H and O–H groups in total. The van der Waals surface area contributed by atoms with Crippen molar-refractivity contribution in [1.82, 2.24) is 4.90 Å². The number of rotatable bonds is 4. The topological polar surface area (TPSA) is 63.4 Å². The van der Waals surface area contributed by atoms with Crippen LogP contribution >= 0.6 is 27.7 Å². The van der Waals surface area contributed by atoms with Crippen LogP contribution in [0.5, 0.6) is 0 Å². The second kappa shape index (κ2) is 6.79. The van der Waals surface area contributed by atoms with Crippen molar-refractivity contribution in [3.63, 3.8) is 0 Å². The van der Waals surface area contributed by atoms with Crippen molar-refractivity contribution in [2.24, 2.45) is 5.73 Å². The standard InChI is InChI=1S/C13H19BrN2O2S2/c1-20(17,18)13-9-19-5-4-16(13)8-11-3-2-10(7-15)6-12(11)14/h2-3,6,13H,4-5,7-9,15H2,1H3. The highest BCUT2D eigenvalue weighted by molar-refractivity contribution is 9.10. The Bertz CT molecular complexity index is 578. The predicted molar refractivity (Wildman–Crippen MR) is 88.4 cm³/mol. The molecule has 20 heavy (non-hydrogen) atoms. The Morgan fingerprint density at radius 3 is 2.85 bits per heavy atom. The first-order valence-electron chi connectivity index (χ1n) is 6.40. The Hall–Kier alpha value is -0.0800. The molecular weight excluding hydrogens is 360 g/mol. The van der Waals surface area contributed by atoms with E-state index >= 15 is 0 Å². The number of benzene rings is 1. The summed E-state index contributed by atoms with van der Waals surface area (Å²) in [4.78, 5) is 2.05. The van der Waals surface area contributed by atoms with Crippen LogP contribution in [-0.2, 0) is 22.9 Å². The lowest BCUT2D eigenvalue weighted by atomic mass is 10.1. The second-order valence-corrected chi connectivity index (χ2v) is 9.17. The normalized spacial score (nSPS) is 21.1. The summed E-state index contributed by atoms with van der Waals surface area (Å²) in [6.07, 6.45) is 1.32. The molecule has 2 rings (SSSR count). The molecule has 0 bridgehead atoms. The Kier molecular flexibility index (Phi) is 5.53. The number of nitrogens with zero attached hydrogens (tertiary/aromatic N) is 1. The molecule has 0 aromatic heterocycles. The molecule has 1 fully saturated rings. The van der Waals surface area contributed by atoms with E-state index in [1.807, 2.05) is 23.1 Å². The van der Waals surface area contributed by atoms with Crippen LogP contribution in [0.4, 0.5) is 0 Å². The van der Waals surface area contributed by atoms with Gasteiger partial charge in [-0.25, -0.2) is 8.42 Å². The summed E-state index contributed by atoms with van der Waals surface area (Å²) in [5.74, 6) is 1.63. The van der Waals surface area contributed by atoms with Crippen molar-refractivity contribution < 1.29 is 8.42 Å². The van der Waals surface area contributed by atoms with E-state index in [1.54, 1.807) is 11.8 Å². The van der Waals surface area contributed by atoms with E-state index in [0.29, 0.717) is 18.8 Å². The molecule has 0 aliphatic carbocycles. The molecule has 1 aliphatic rings. The van der Waals surface area contributed by atoms with Crippen molar-refractivity contribution in [3.8, 4) is 0 Å². The van der Waals surface area contributed by atoms with E-state index in [0.717, 1.165) is 27.9 Å². The predicted octanol–water partition coefficient (Wildman–Crippen LogP) is 1.83. The minimum Gasteiger partial charge on any atom is -0.326 e. The first kappa shape index (κ1) is 16.3. The zero-order valence-corrected chi connectivity index (χ0v) is 14.6. The Morgan fingerprint density at radius 1 is 1.50 bits per heavy atom.